The quantitative estimate of drug-likeness (QED) is 0.0655. The van der Waals surface area contributed by atoms with Crippen molar-refractivity contribution in [2.75, 3.05) is 10.6 Å². The van der Waals surface area contributed by atoms with Crippen LogP contribution in [0.25, 0.3) is 0 Å². The number of amides is 2. The average molecular weight is 1030 g/mol. The van der Waals surface area contributed by atoms with Crippen molar-refractivity contribution in [3.8, 4) is 28.7 Å². The van der Waals surface area contributed by atoms with E-state index in [2.05, 4.69) is 33.2 Å². The molecule has 0 radical (unpaired) electrons. The molecular formula is C32H17Cl7I2N2O6. The lowest BCUT2D eigenvalue weighted by Gasteiger charge is -2.12. The molecule has 5 aromatic rings. The SMILES string of the molecule is O=C(Nc1cc(Cl)cc(Cl)c1O)c1c(O)c(Cl)cc(Cl)c1Cl.O=C(Nc1ccc(Oc2ccc(Cl)cc2)c(Cl)c1)c1cc(I)cc(I)c1O. The number of halogens is 9. The second kappa shape index (κ2) is 17.3. The molecule has 0 saturated heterocycles. The number of hydrogen-bond donors (Lipinski definition) is 5. The molecule has 0 unspecified atom stereocenters. The molecule has 0 atom stereocenters. The fourth-order valence-electron chi connectivity index (χ4n) is 3.87. The largest absolute Gasteiger partial charge is 0.506 e. The van der Waals surface area contributed by atoms with E-state index in [0.29, 0.717) is 30.8 Å². The van der Waals surface area contributed by atoms with Crippen molar-refractivity contribution in [1.29, 1.82) is 0 Å². The van der Waals surface area contributed by atoms with Crippen molar-refractivity contribution in [2.45, 2.75) is 0 Å². The topological polar surface area (TPSA) is 128 Å². The smallest absolute Gasteiger partial charge is 0.261 e. The zero-order chi connectivity index (χ0) is 36.2. The zero-order valence-electron chi connectivity index (χ0n) is 23.9. The van der Waals surface area contributed by atoms with Gasteiger partial charge in [0.1, 0.15) is 28.6 Å². The minimum Gasteiger partial charge on any atom is -0.506 e. The predicted molar refractivity (Wildman–Crippen MR) is 214 cm³/mol. The monoisotopic (exact) mass is 1020 g/mol. The van der Waals surface area contributed by atoms with Crippen LogP contribution >= 0.6 is 126 Å². The van der Waals surface area contributed by atoms with Gasteiger partial charge in [-0.3, -0.25) is 9.59 Å². The van der Waals surface area contributed by atoms with Crippen LogP contribution in [-0.2, 0) is 0 Å². The summed E-state index contributed by atoms with van der Waals surface area (Å²) in [7, 11) is 0. The highest BCUT2D eigenvalue weighted by molar-refractivity contribution is 14.1. The summed E-state index contributed by atoms with van der Waals surface area (Å²) in [4.78, 5) is 24.8. The van der Waals surface area contributed by atoms with Gasteiger partial charge in [0.15, 0.2) is 5.75 Å². The lowest BCUT2D eigenvalue weighted by molar-refractivity contribution is 0.101. The third-order valence-corrected chi connectivity index (χ3v) is 9.73. The third-order valence-electron chi connectivity index (χ3n) is 6.15. The van der Waals surface area contributed by atoms with Gasteiger partial charge in [-0.1, -0.05) is 81.2 Å². The Morgan fingerprint density at radius 1 is 0.612 bits per heavy atom. The molecule has 8 nitrogen and oxygen atoms in total. The van der Waals surface area contributed by atoms with Crippen LogP contribution in [0.4, 0.5) is 11.4 Å². The van der Waals surface area contributed by atoms with Crippen LogP contribution in [0.5, 0.6) is 28.7 Å². The Hall–Kier alpha value is -2.27. The van der Waals surface area contributed by atoms with Gasteiger partial charge in [0, 0.05) is 19.3 Å². The number of phenolic OH excluding ortho intramolecular Hbond substituents is 3. The highest BCUT2D eigenvalue weighted by Gasteiger charge is 2.23. The molecule has 0 bridgehead atoms. The van der Waals surface area contributed by atoms with Crippen LogP contribution in [0.3, 0.4) is 0 Å². The van der Waals surface area contributed by atoms with Crippen molar-refractivity contribution < 1.29 is 29.6 Å². The van der Waals surface area contributed by atoms with Crippen LogP contribution in [0.2, 0.25) is 35.2 Å². The molecule has 0 aromatic heterocycles. The number of carbonyl (C=O) groups excluding carboxylic acids is 2. The summed E-state index contributed by atoms with van der Waals surface area (Å²) < 4.78 is 7.17. The molecule has 0 aliphatic heterocycles. The third kappa shape index (κ3) is 10.2. The van der Waals surface area contributed by atoms with Crippen LogP contribution in [0.15, 0.2) is 72.8 Å². The Morgan fingerprint density at radius 3 is 1.92 bits per heavy atom. The van der Waals surface area contributed by atoms with Crippen molar-refractivity contribution >= 4 is 150 Å². The number of carbonyl (C=O) groups is 2. The number of nitrogens with one attached hydrogen (secondary N) is 2. The van der Waals surface area contributed by atoms with Gasteiger partial charge in [0.05, 0.1) is 39.9 Å². The molecule has 0 saturated carbocycles. The van der Waals surface area contributed by atoms with E-state index in [1.54, 1.807) is 54.6 Å². The van der Waals surface area contributed by atoms with E-state index in [1.165, 1.54) is 18.2 Å². The second-order valence-electron chi connectivity index (χ2n) is 9.55. The summed E-state index contributed by atoms with van der Waals surface area (Å²) in [5, 5.41) is 35.6. The van der Waals surface area contributed by atoms with Crippen molar-refractivity contribution in [3.63, 3.8) is 0 Å². The summed E-state index contributed by atoms with van der Waals surface area (Å²) >= 11 is 45.2. The maximum Gasteiger partial charge on any atom is 0.261 e. The Labute approximate surface area is 341 Å². The molecule has 5 rings (SSSR count). The maximum absolute atomic E-state index is 12.5. The lowest BCUT2D eigenvalue weighted by atomic mass is 10.1. The number of aromatic hydroxyl groups is 3. The molecule has 0 fully saturated rings. The van der Waals surface area contributed by atoms with Gasteiger partial charge in [-0.25, -0.2) is 0 Å². The van der Waals surface area contributed by atoms with Gasteiger partial charge < -0.3 is 30.7 Å². The molecule has 5 N–H and O–H groups in total. The van der Waals surface area contributed by atoms with E-state index < -0.39 is 17.6 Å². The van der Waals surface area contributed by atoms with Crippen molar-refractivity contribution in [1.82, 2.24) is 0 Å². The Kier molecular flexibility index (Phi) is 13.9. The van der Waals surface area contributed by atoms with Crippen LogP contribution in [0, 0.1) is 7.14 Å². The summed E-state index contributed by atoms with van der Waals surface area (Å²) in [6.45, 7) is 0. The maximum atomic E-state index is 12.5. The molecule has 0 spiro atoms. The Balaban J connectivity index is 0.000000226. The van der Waals surface area contributed by atoms with E-state index in [9.17, 15) is 24.9 Å². The standard InChI is InChI=1S/C19H11Cl2I2NO3.C13H6Cl5NO3/c20-10-1-4-13(5-2-10)27-17-6-3-12(9-15(17)21)24-19(26)14-7-11(22)8-16(23)18(14)25;14-4-1-6(16)11(20)8(2-4)19-13(22)9-10(18)5(15)3-7(17)12(9)21/h1-9,25H,(H,24,26);1-3,20-21H,(H,19,22). The van der Waals surface area contributed by atoms with E-state index >= 15 is 0 Å². The van der Waals surface area contributed by atoms with Gasteiger partial charge in [-0.15, -0.1) is 0 Å². The first kappa shape index (κ1) is 39.5. The van der Waals surface area contributed by atoms with Gasteiger partial charge in [0.2, 0.25) is 0 Å². The fourth-order valence-corrected chi connectivity index (χ4v) is 7.24. The number of benzene rings is 5. The van der Waals surface area contributed by atoms with Gasteiger partial charge in [-0.05, 0) is 118 Å². The first-order valence-electron chi connectivity index (χ1n) is 13.1. The molecule has 0 aliphatic rings. The minimum atomic E-state index is -0.847. The van der Waals surface area contributed by atoms with Gasteiger partial charge in [0.25, 0.3) is 11.8 Å². The molecule has 0 aliphatic carbocycles. The Morgan fingerprint density at radius 2 is 1.27 bits per heavy atom. The van der Waals surface area contributed by atoms with E-state index in [4.69, 9.17) is 85.9 Å². The molecular weight excluding hydrogens is 1010 g/mol. The number of rotatable bonds is 6. The number of phenols is 3. The lowest BCUT2D eigenvalue weighted by Crippen LogP contribution is -2.13. The Bertz CT molecular complexity index is 2060. The normalized spacial score (nSPS) is 10.6. The van der Waals surface area contributed by atoms with Crippen LogP contribution < -0.4 is 15.4 Å². The first-order valence-corrected chi connectivity index (χ1v) is 17.9. The van der Waals surface area contributed by atoms with Gasteiger partial charge >= 0.3 is 0 Å². The number of hydrogen-bond acceptors (Lipinski definition) is 6. The number of ether oxygens (including phenoxy) is 1. The molecule has 17 heteroatoms. The summed E-state index contributed by atoms with van der Waals surface area (Å²) in [6, 6.07) is 19.0. The molecule has 254 valence electrons. The molecule has 49 heavy (non-hydrogen) atoms. The summed E-state index contributed by atoms with van der Waals surface area (Å²) in [5.41, 5.74) is 0.286. The zero-order valence-corrected chi connectivity index (χ0v) is 33.5. The highest BCUT2D eigenvalue weighted by atomic mass is 127. The highest BCUT2D eigenvalue weighted by Crippen LogP contribution is 2.40. The summed E-state index contributed by atoms with van der Waals surface area (Å²) in [6.07, 6.45) is 0. The predicted octanol–water partition coefficient (Wildman–Crippen LogP) is 12.6. The first-order chi connectivity index (χ1) is 23.0. The number of anilines is 2. The van der Waals surface area contributed by atoms with E-state index in [-0.39, 0.29) is 53.4 Å². The second-order valence-corrected chi connectivity index (χ2v) is 14.8. The van der Waals surface area contributed by atoms with Crippen molar-refractivity contribution in [3.05, 3.63) is 126 Å². The molecule has 2 amide bonds. The van der Waals surface area contributed by atoms with Crippen molar-refractivity contribution in [2.24, 2.45) is 0 Å². The average Bonchev–Trinajstić information content (AvgIpc) is 3.03. The fraction of sp³-hybridized carbons (Fsp3) is 0. The van der Waals surface area contributed by atoms with E-state index in [1.807, 2.05) is 22.6 Å². The van der Waals surface area contributed by atoms with Crippen LogP contribution in [0.1, 0.15) is 20.7 Å². The van der Waals surface area contributed by atoms with Gasteiger partial charge in [-0.2, -0.15) is 0 Å². The molecule has 0 heterocycles. The van der Waals surface area contributed by atoms with Crippen LogP contribution in [-0.4, -0.2) is 27.1 Å². The summed E-state index contributed by atoms with van der Waals surface area (Å²) in [5.74, 6) is -1.21. The minimum absolute atomic E-state index is 0.0111. The van der Waals surface area contributed by atoms with E-state index in [0.717, 1.165) is 3.57 Å². The molecule has 5 aromatic carbocycles.